The fraction of sp³-hybridized carbons (Fsp3) is 0.509. The van der Waals surface area contributed by atoms with E-state index >= 15 is 0 Å². The van der Waals surface area contributed by atoms with Crippen LogP contribution >= 0.6 is 0 Å². The van der Waals surface area contributed by atoms with Gasteiger partial charge in [0.25, 0.3) is 0 Å². The maximum Gasteiger partial charge on any atom is 0.305 e. The van der Waals surface area contributed by atoms with E-state index < -0.39 is 206 Å². The van der Waals surface area contributed by atoms with Gasteiger partial charge in [0, 0.05) is 39.5 Å². The van der Waals surface area contributed by atoms with Crippen molar-refractivity contribution in [3.63, 3.8) is 0 Å². The molecule has 87 heavy (non-hydrogen) atoms. The van der Waals surface area contributed by atoms with Gasteiger partial charge in [-0.05, 0) is 55.6 Å². The van der Waals surface area contributed by atoms with Crippen molar-refractivity contribution < 1.29 is 107 Å². The van der Waals surface area contributed by atoms with E-state index in [0.29, 0.717) is 18.4 Å². The van der Waals surface area contributed by atoms with E-state index in [1.54, 1.807) is 58.0 Å². The smallest absolute Gasteiger partial charge is 0.305 e. The Kier molecular flexibility index (Phi) is 33.2. The summed E-state index contributed by atoms with van der Waals surface area (Å²) in [5.41, 5.74) is 2.66. The highest BCUT2D eigenvalue weighted by molar-refractivity contribution is 5.99. The van der Waals surface area contributed by atoms with Gasteiger partial charge in [-0.15, -0.1) is 0 Å². The zero-order valence-corrected chi connectivity index (χ0v) is 49.2. The van der Waals surface area contributed by atoms with Crippen molar-refractivity contribution in [3.8, 4) is 0 Å². The van der Waals surface area contributed by atoms with Crippen LogP contribution in [0, 0.1) is 18.8 Å². The molecule has 2 rings (SSSR count). The third-order valence-electron chi connectivity index (χ3n) is 12.6. The van der Waals surface area contributed by atoms with Crippen molar-refractivity contribution in [2.75, 3.05) is 0 Å². The number of carbonyl (C=O) groups excluding carboxylic acids is 10. The first-order valence-electron chi connectivity index (χ1n) is 27.4. The number of nitrogens with one attached hydrogen (secondary N) is 8. The molecule has 30 nitrogen and oxygen atoms in total. The molecule has 0 aliphatic heterocycles. The van der Waals surface area contributed by atoms with Crippen molar-refractivity contribution in [3.05, 3.63) is 71.3 Å². The van der Waals surface area contributed by atoms with Gasteiger partial charge in [0.05, 0.1) is 37.8 Å². The highest BCUT2D eigenvalue weighted by Gasteiger charge is 2.36. The Morgan fingerprint density at radius 1 is 0.368 bits per heavy atom. The molecule has 0 saturated heterocycles. The fourth-order valence-corrected chi connectivity index (χ4v) is 8.13. The number of Topliss-reactive ketones (excluding diaryl/α,β-unsaturated/α-hetero) is 2. The van der Waals surface area contributed by atoms with Gasteiger partial charge in [0.15, 0.2) is 11.6 Å². The highest BCUT2D eigenvalue weighted by Crippen LogP contribution is 2.14. The first-order valence-corrected chi connectivity index (χ1v) is 27.4. The summed E-state index contributed by atoms with van der Waals surface area (Å²) in [6.07, 6.45) is -4.33. The maximum atomic E-state index is 13.2. The number of benzene rings is 2. The van der Waals surface area contributed by atoms with Crippen LogP contribution in [0.2, 0.25) is 0 Å². The monoisotopic (exact) mass is 1230 g/mol. The number of carboxylic acids is 6. The van der Waals surface area contributed by atoms with Gasteiger partial charge in [-0.1, -0.05) is 87.9 Å². The number of ketones is 2. The SMILES string of the molecule is CC(=O)N[C@@H](CC(=O)O)C(=O)N[C@@H](CCC(=O)O)C(=O)N[C@H](C(=O)N[C@@H](CC(=O)O)C(=O)CCCc1ccc(C)cc1)C(C)C.CC(=O)N[C@@H](CC(=O)O)C(=O)N[C@@H](CCC(=O)O)C(=O)N[C@H](C(=O)N[C@@H](CC(=O)O)C(=O)Cc1ccccc1)C(C)C. The number of carbonyl (C=O) groups is 16. The van der Waals surface area contributed by atoms with Gasteiger partial charge in [-0.25, -0.2) is 0 Å². The van der Waals surface area contributed by atoms with Crippen LogP contribution in [0.1, 0.15) is 122 Å². The van der Waals surface area contributed by atoms with Crippen molar-refractivity contribution >= 4 is 94.6 Å². The molecule has 0 aromatic heterocycles. The van der Waals surface area contributed by atoms with E-state index in [4.69, 9.17) is 20.4 Å². The van der Waals surface area contributed by atoms with E-state index in [2.05, 4.69) is 42.5 Å². The number of hydrogen-bond donors (Lipinski definition) is 14. The van der Waals surface area contributed by atoms with Gasteiger partial charge in [0.1, 0.15) is 36.3 Å². The molecule has 2 aromatic carbocycles. The molecule has 14 N–H and O–H groups in total. The highest BCUT2D eigenvalue weighted by atomic mass is 16.4. The van der Waals surface area contributed by atoms with Gasteiger partial charge in [0.2, 0.25) is 47.3 Å². The minimum atomic E-state index is -1.57. The van der Waals surface area contributed by atoms with E-state index in [0.717, 1.165) is 25.0 Å². The lowest BCUT2D eigenvalue weighted by molar-refractivity contribution is -0.142. The molecule has 478 valence electrons. The van der Waals surface area contributed by atoms with Crippen LogP contribution < -0.4 is 42.5 Å². The Morgan fingerprint density at radius 3 is 1.06 bits per heavy atom. The topological polar surface area (TPSA) is 491 Å². The number of aryl methyl sites for hydroxylation is 2. The van der Waals surface area contributed by atoms with Crippen LogP contribution in [-0.4, -0.2) is 174 Å². The van der Waals surface area contributed by atoms with Crippen molar-refractivity contribution in [1.82, 2.24) is 42.5 Å². The Morgan fingerprint density at radius 2 is 0.713 bits per heavy atom. The molecule has 8 atom stereocenters. The average Bonchev–Trinajstić information content (AvgIpc) is 3.63. The van der Waals surface area contributed by atoms with Crippen molar-refractivity contribution in [1.29, 1.82) is 0 Å². The normalized spacial score (nSPS) is 13.5. The summed E-state index contributed by atoms with van der Waals surface area (Å²) >= 11 is 0. The number of rotatable bonds is 38. The number of hydrogen-bond acceptors (Lipinski definition) is 16. The summed E-state index contributed by atoms with van der Waals surface area (Å²) in [6.45, 7) is 10.3. The molecule has 8 amide bonds. The van der Waals surface area contributed by atoms with Gasteiger partial charge < -0.3 is 73.2 Å². The van der Waals surface area contributed by atoms with Crippen molar-refractivity contribution in [2.45, 2.75) is 174 Å². The van der Waals surface area contributed by atoms with Gasteiger partial charge in [-0.3, -0.25) is 76.7 Å². The van der Waals surface area contributed by atoms with Gasteiger partial charge in [-0.2, -0.15) is 0 Å². The number of amides is 8. The maximum absolute atomic E-state index is 13.2. The fourth-order valence-electron chi connectivity index (χ4n) is 8.13. The summed E-state index contributed by atoms with van der Waals surface area (Å²) in [7, 11) is 0. The molecule has 0 spiro atoms. The zero-order valence-electron chi connectivity index (χ0n) is 49.2. The molecule has 0 fully saturated rings. The molecular weight excluding hydrogens is 1150 g/mol. The molecule has 0 aliphatic carbocycles. The lowest BCUT2D eigenvalue weighted by Crippen LogP contribution is -2.59. The summed E-state index contributed by atoms with van der Waals surface area (Å²) in [5, 5.41) is 73.3. The molecule has 30 heteroatoms. The number of carboxylic acid groups (broad SMARTS) is 6. The van der Waals surface area contributed by atoms with Crippen LogP contribution in [0.5, 0.6) is 0 Å². The zero-order chi connectivity index (χ0) is 66.2. The number of aliphatic carboxylic acids is 6. The quantitative estimate of drug-likeness (QED) is 0.0405. The summed E-state index contributed by atoms with van der Waals surface area (Å²) in [4.78, 5) is 194. The lowest BCUT2D eigenvalue weighted by atomic mass is 9.98. The average molecular weight is 1230 g/mol. The minimum absolute atomic E-state index is 0.0140. The second-order valence-electron chi connectivity index (χ2n) is 20.9. The van der Waals surface area contributed by atoms with E-state index in [1.165, 1.54) is 0 Å². The molecule has 0 heterocycles. The largest absolute Gasteiger partial charge is 0.481 e. The predicted octanol–water partition coefficient (Wildman–Crippen LogP) is -0.456. The van der Waals surface area contributed by atoms with Crippen LogP contribution in [0.25, 0.3) is 0 Å². The molecule has 0 bridgehead atoms. The third kappa shape index (κ3) is 31.2. The predicted molar refractivity (Wildman–Crippen MR) is 303 cm³/mol. The minimum Gasteiger partial charge on any atom is -0.481 e. The first-order chi connectivity index (χ1) is 40.6. The Labute approximate surface area is 500 Å². The summed E-state index contributed by atoms with van der Waals surface area (Å²) in [5.74, 6) is -17.8. The molecule has 0 aliphatic rings. The van der Waals surface area contributed by atoms with Gasteiger partial charge >= 0.3 is 35.8 Å². The Hall–Kier alpha value is -9.64. The second kappa shape index (κ2) is 38.3. The molecule has 0 unspecified atom stereocenters. The summed E-state index contributed by atoms with van der Waals surface area (Å²) in [6, 6.07) is 4.41. The Balaban J connectivity index is 0.000000872. The van der Waals surface area contributed by atoms with E-state index in [1.807, 2.05) is 31.2 Å². The first kappa shape index (κ1) is 75.4. The molecule has 0 saturated carbocycles. The van der Waals surface area contributed by atoms with Crippen LogP contribution in [0.15, 0.2) is 54.6 Å². The van der Waals surface area contributed by atoms with Crippen LogP contribution in [0.4, 0.5) is 0 Å². The van der Waals surface area contributed by atoms with E-state index in [9.17, 15) is 86.9 Å². The Bertz CT molecular complexity index is 2760. The molecule has 0 radical (unpaired) electrons. The molecule has 2 aromatic rings. The van der Waals surface area contributed by atoms with Crippen molar-refractivity contribution in [2.24, 2.45) is 11.8 Å². The summed E-state index contributed by atoms with van der Waals surface area (Å²) < 4.78 is 0. The molecular formula is C57H78N8O22. The third-order valence-corrected chi connectivity index (χ3v) is 12.6. The van der Waals surface area contributed by atoms with Crippen LogP contribution in [0.3, 0.4) is 0 Å². The lowest BCUT2D eigenvalue weighted by Gasteiger charge is -2.27. The van der Waals surface area contributed by atoms with E-state index in [-0.39, 0.29) is 12.8 Å². The standard InChI is InChI=1S/C30H42N4O11.C27H36N4O11/c1-16(2)27(30(45)33-21(14-25(39)40)23(36)7-5-6-19-10-8-17(3)9-11-19)34-28(43)20(12-13-24(37)38)32-29(44)22(15-26(41)42)31-18(4)35;1-14(2)24(27(42)30-18(12-22(36)37)20(33)11-16-7-5-4-6-8-16)31-25(40)17(9-10-21(34)35)29-26(41)19(13-23(38)39)28-15(3)32/h8-11,16,20-22,27H,5-7,12-15H2,1-4H3,(H,31,35)(H,32,44)(H,33,45)(H,34,43)(H,37,38)(H,39,40)(H,41,42);4-8,14,17-19,24H,9-13H2,1-3H3,(H,28,32)(H,29,41)(H,30,42)(H,31,40)(H,34,35)(H,36,37)(H,38,39)/t20-,21-,22-,27-;17-,18-,19-,24-/m00/s1. The second-order valence-corrected chi connectivity index (χ2v) is 20.9. The van der Waals surface area contributed by atoms with Crippen LogP contribution in [-0.2, 0) is 89.6 Å².